The molecule has 1 amide bonds. The number of carbonyl (C=O) groups is 1. The number of allylic oxidation sites excluding steroid dienone is 1. The molecule has 0 saturated carbocycles. The minimum atomic E-state index is -1.71. The predicted octanol–water partition coefficient (Wildman–Crippen LogP) is 6.02. The van der Waals surface area contributed by atoms with Gasteiger partial charge in [0, 0.05) is 12.7 Å². The minimum absolute atomic E-state index is 0.190. The van der Waals surface area contributed by atoms with Crippen molar-refractivity contribution in [2.45, 2.75) is 19.9 Å². The first kappa shape index (κ1) is 21.1. The van der Waals surface area contributed by atoms with E-state index in [1.807, 2.05) is 54.6 Å². The van der Waals surface area contributed by atoms with E-state index in [2.05, 4.69) is 0 Å². The lowest BCUT2D eigenvalue weighted by Crippen LogP contribution is -2.31. The number of hydrogen-bond donors (Lipinski definition) is 0. The van der Waals surface area contributed by atoms with Crippen molar-refractivity contribution in [2.24, 2.45) is 0 Å². The third-order valence-corrected chi connectivity index (χ3v) is 4.97. The quantitative estimate of drug-likeness (QED) is 0.415. The Morgan fingerprint density at radius 1 is 1.11 bits per heavy atom. The van der Waals surface area contributed by atoms with Crippen molar-refractivity contribution in [2.75, 3.05) is 5.75 Å². The molecule has 0 heterocycles. The summed E-state index contributed by atoms with van der Waals surface area (Å²) in [7, 11) is 0. The molecule has 3 nitrogen and oxygen atoms in total. The van der Waals surface area contributed by atoms with Gasteiger partial charge < -0.3 is 4.74 Å². The Hall–Kier alpha value is -2.25. The van der Waals surface area contributed by atoms with Gasteiger partial charge in [-0.25, -0.2) is 0 Å². The van der Waals surface area contributed by atoms with Gasteiger partial charge >= 0.3 is 0 Å². The maximum atomic E-state index is 12.0. The number of amides is 1. The van der Waals surface area contributed by atoms with Crippen LogP contribution in [0.4, 0.5) is 8.78 Å². The molecule has 0 aliphatic carbocycles. The van der Waals surface area contributed by atoms with Crippen molar-refractivity contribution >= 4 is 34.2 Å². The number of nitrogens with zero attached hydrogens (tertiary/aromatic N) is 1. The Kier molecular flexibility index (Phi) is 8.42. The van der Waals surface area contributed by atoms with Crippen molar-refractivity contribution < 1.29 is 18.3 Å². The van der Waals surface area contributed by atoms with E-state index >= 15 is 0 Å². The van der Waals surface area contributed by atoms with Gasteiger partial charge in [-0.05, 0) is 42.3 Å². The van der Waals surface area contributed by atoms with Crippen molar-refractivity contribution in [1.82, 2.24) is 4.90 Å². The summed E-state index contributed by atoms with van der Waals surface area (Å²) in [5, 5.41) is 0. The zero-order valence-corrected chi connectivity index (χ0v) is 16.4. The highest BCUT2D eigenvalue weighted by Crippen LogP contribution is 2.22. The second-order valence-corrected chi connectivity index (χ2v) is 7.29. The lowest BCUT2D eigenvalue weighted by atomic mass is 10.2. The molecule has 0 N–H and O–H groups in total. The fraction of sp³-hybridized carbons (Fsp3) is 0.200. The molecule has 0 bridgehead atoms. The van der Waals surface area contributed by atoms with Gasteiger partial charge in [-0.1, -0.05) is 54.3 Å². The topological polar surface area (TPSA) is 29.5 Å². The van der Waals surface area contributed by atoms with E-state index < -0.39 is 6.08 Å². The molecule has 0 unspecified atom stereocenters. The summed E-state index contributed by atoms with van der Waals surface area (Å²) < 4.78 is 30.2. The van der Waals surface area contributed by atoms with Crippen LogP contribution in [0.25, 0.3) is 0 Å². The van der Waals surface area contributed by atoms with E-state index in [-0.39, 0.29) is 12.3 Å². The zero-order chi connectivity index (χ0) is 19.6. The summed E-state index contributed by atoms with van der Waals surface area (Å²) in [6.45, 7) is 1.75. The van der Waals surface area contributed by atoms with Gasteiger partial charge in [0.2, 0.25) is 5.91 Å². The van der Waals surface area contributed by atoms with E-state index in [9.17, 15) is 13.6 Å². The highest BCUT2D eigenvalue weighted by molar-refractivity contribution is 8.22. The molecule has 142 valence electrons. The van der Waals surface area contributed by atoms with Crippen LogP contribution < -0.4 is 4.74 Å². The number of carbonyl (C=O) groups excluding carboxylic acids is 1. The molecule has 7 heteroatoms. The second kappa shape index (κ2) is 10.8. The van der Waals surface area contributed by atoms with E-state index in [0.717, 1.165) is 17.4 Å². The summed E-state index contributed by atoms with van der Waals surface area (Å²) in [6.07, 6.45) is -0.661. The summed E-state index contributed by atoms with van der Waals surface area (Å²) in [6, 6.07) is 16.8. The Morgan fingerprint density at radius 3 is 2.33 bits per heavy atom. The smallest absolute Gasteiger partial charge is 0.266 e. The molecular weight excluding hydrogens is 388 g/mol. The van der Waals surface area contributed by atoms with Crippen LogP contribution in [0.3, 0.4) is 0 Å². The molecule has 0 aliphatic rings. The standard InChI is InChI=1S/C20H19F2NO2S2/c1-15(24)23(20(26)27-13-5-8-19(21)22)14-16-9-11-18(12-10-16)25-17-6-3-2-4-7-17/h2-4,6-12H,5,13-14H2,1H3. The normalized spacial score (nSPS) is 10.2. The van der Waals surface area contributed by atoms with Gasteiger partial charge in [0.05, 0.1) is 6.54 Å². The summed E-state index contributed by atoms with van der Waals surface area (Å²) in [5.41, 5.74) is 0.892. The van der Waals surface area contributed by atoms with Gasteiger partial charge in [-0.15, -0.1) is 0 Å². The van der Waals surface area contributed by atoms with Crippen molar-refractivity contribution in [3.8, 4) is 11.5 Å². The largest absolute Gasteiger partial charge is 0.457 e. The van der Waals surface area contributed by atoms with Crippen LogP contribution in [-0.2, 0) is 11.3 Å². The molecule has 27 heavy (non-hydrogen) atoms. The third-order valence-electron chi connectivity index (χ3n) is 3.49. The number of benzene rings is 2. The van der Waals surface area contributed by atoms with E-state index in [0.29, 0.717) is 22.4 Å². The van der Waals surface area contributed by atoms with Crippen molar-refractivity contribution in [3.05, 3.63) is 72.3 Å². The van der Waals surface area contributed by atoms with Crippen LogP contribution in [0.2, 0.25) is 0 Å². The van der Waals surface area contributed by atoms with Crippen LogP contribution in [0.5, 0.6) is 11.5 Å². The molecule has 0 aromatic heterocycles. The van der Waals surface area contributed by atoms with Crippen molar-refractivity contribution in [1.29, 1.82) is 0 Å². The summed E-state index contributed by atoms with van der Waals surface area (Å²) in [5.74, 6) is 1.64. The number of thioether (sulfide) groups is 1. The SMILES string of the molecule is CC(=O)N(Cc1ccc(Oc2ccccc2)cc1)C(=S)SCCC=C(F)F. The highest BCUT2D eigenvalue weighted by Gasteiger charge is 2.15. The van der Waals surface area contributed by atoms with Gasteiger partial charge in [-0.2, -0.15) is 8.78 Å². The van der Waals surface area contributed by atoms with Crippen LogP contribution >= 0.6 is 24.0 Å². The number of hydrogen-bond acceptors (Lipinski definition) is 4. The summed E-state index contributed by atoms with van der Waals surface area (Å²) in [4.78, 5) is 13.4. The number of rotatable bonds is 7. The lowest BCUT2D eigenvalue weighted by molar-refractivity contribution is -0.125. The fourth-order valence-electron chi connectivity index (χ4n) is 2.17. The fourth-order valence-corrected chi connectivity index (χ4v) is 3.37. The molecule has 2 aromatic carbocycles. The van der Waals surface area contributed by atoms with Crippen LogP contribution in [0.1, 0.15) is 18.9 Å². The molecular formula is C20H19F2NO2S2. The lowest BCUT2D eigenvalue weighted by Gasteiger charge is -2.21. The molecule has 0 radical (unpaired) electrons. The third kappa shape index (κ3) is 7.48. The zero-order valence-electron chi connectivity index (χ0n) is 14.7. The molecule has 0 fully saturated rings. The monoisotopic (exact) mass is 407 g/mol. The van der Waals surface area contributed by atoms with Gasteiger partial charge in [0.15, 0.2) is 0 Å². The van der Waals surface area contributed by atoms with E-state index in [1.165, 1.54) is 23.6 Å². The Labute approximate surface area is 167 Å². The minimum Gasteiger partial charge on any atom is -0.457 e. The number of ether oxygens (including phenoxy) is 1. The summed E-state index contributed by atoms with van der Waals surface area (Å²) >= 11 is 6.49. The predicted molar refractivity (Wildman–Crippen MR) is 109 cm³/mol. The van der Waals surface area contributed by atoms with Gasteiger partial charge in [0.1, 0.15) is 15.8 Å². The first-order valence-electron chi connectivity index (χ1n) is 8.23. The van der Waals surface area contributed by atoms with Crippen molar-refractivity contribution in [3.63, 3.8) is 0 Å². The molecule has 0 spiro atoms. The van der Waals surface area contributed by atoms with E-state index in [1.54, 1.807) is 0 Å². The molecule has 2 rings (SSSR count). The average Bonchev–Trinajstić information content (AvgIpc) is 2.65. The average molecular weight is 408 g/mol. The first-order chi connectivity index (χ1) is 13.0. The maximum absolute atomic E-state index is 12.0. The Bertz CT molecular complexity index is 791. The Balaban J connectivity index is 1.94. The van der Waals surface area contributed by atoms with Crippen LogP contribution in [0.15, 0.2) is 66.8 Å². The molecule has 0 saturated heterocycles. The Morgan fingerprint density at radius 2 is 1.74 bits per heavy atom. The maximum Gasteiger partial charge on any atom is 0.266 e. The number of thiocarbonyl (C=S) groups is 1. The van der Waals surface area contributed by atoms with Gasteiger partial charge in [-0.3, -0.25) is 9.69 Å². The van der Waals surface area contributed by atoms with E-state index in [4.69, 9.17) is 17.0 Å². The molecule has 0 aliphatic heterocycles. The van der Waals surface area contributed by atoms with Crippen LogP contribution in [0, 0.1) is 0 Å². The highest BCUT2D eigenvalue weighted by atomic mass is 32.2. The number of halogens is 2. The van der Waals surface area contributed by atoms with Gasteiger partial charge in [0.25, 0.3) is 6.08 Å². The van der Waals surface area contributed by atoms with Crippen LogP contribution in [-0.4, -0.2) is 20.9 Å². The number of para-hydroxylation sites is 1. The molecule has 0 atom stereocenters. The second-order valence-electron chi connectivity index (χ2n) is 5.56. The first-order valence-corrected chi connectivity index (χ1v) is 9.63. The molecule has 2 aromatic rings.